The summed E-state index contributed by atoms with van der Waals surface area (Å²) in [7, 11) is -1.96. The Hall–Kier alpha value is -3.13. The Morgan fingerprint density at radius 2 is 1.97 bits per heavy atom. The number of nitrogens with one attached hydrogen (secondary N) is 1. The first-order valence-electron chi connectivity index (χ1n) is 9.16. The summed E-state index contributed by atoms with van der Waals surface area (Å²) in [5.74, 6) is 0.141. The molecule has 1 amide bonds. The predicted molar refractivity (Wildman–Crippen MR) is 110 cm³/mol. The van der Waals surface area contributed by atoms with Gasteiger partial charge in [0.15, 0.2) is 0 Å². The lowest BCUT2D eigenvalue weighted by atomic mass is 10.1. The molecule has 1 N–H and O–H groups in total. The number of carbonyl (C=O) groups is 1. The summed E-state index contributed by atoms with van der Waals surface area (Å²) in [6.45, 7) is 4.09. The number of imidazole rings is 1. The van der Waals surface area contributed by atoms with Crippen molar-refractivity contribution in [1.82, 2.24) is 9.55 Å². The minimum Gasteiger partial charge on any atom is -0.497 e. The zero-order valence-electron chi connectivity index (χ0n) is 16.4. The number of hydrogen-bond acceptors (Lipinski definition) is 5. The molecule has 1 aliphatic rings. The van der Waals surface area contributed by atoms with Crippen LogP contribution < -0.4 is 10.1 Å². The Labute approximate surface area is 169 Å². The van der Waals surface area contributed by atoms with Crippen molar-refractivity contribution < 1.29 is 17.9 Å². The molecule has 1 aromatic heterocycles. The second kappa shape index (κ2) is 7.04. The zero-order chi connectivity index (χ0) is 20.8. The molecule has 150 valence electrons. The molecule has 29 heavy (non-hydrogen) atoms. The van der Waals surface area contributed by atoms with E-state index in [-0.39, 0.29) is 23.1 Å². The number of fused-ring (bicyclic) bond motifs is 1. The van der Waals surface area contributed by atoms with Crippen LogP contribution in [0.4, 0.5) is 5.69 Å². The average Bonchev–Trinajstić information content (AvgIpc) is 3.22. The number of ether oxygens (including phenoxy) is 1. The topological polar surface area (TPSA) is 90.3 Å². The Kier molecular flexibility index (Phi) is 4.66. The van der Waals surface area contributed by atoms with E-state index in [2.05, 4.69) is 10.3 Å². The maximum atomic E-state index is 13.2. The van der Waals surface area contributed by atoms with Gasteiger partial charge in [0.1, 0.15) is 17.1 Å². The predicted octanol–water partition coefficient (Wildman–Crippen LogP) is 3.22. The van der Waals surface area contributed by atoms with Gasteiger partial charge in [-0.3, -0.25) is 4.79 Å². The van der Waals surface area contributed by atoms with Crippen LogP contribution in [0.25, 0.3) is 11.3 Å². The van der Waals surface area contributed by atoms with Gasteiger partial charge in [0.25, 0.3) is 5.91 Å². The summed E-state index contributed by atoms with van der Waals surface area (Å²) < 4.78 is 31.6. The minimum atomic E-state index is -3.51. The molecule has 0 atom stereocenters. The fourth-order valence-corrected chi connectivity index (χ4v) is 4.87. The monoisotopic (exact) mass is 411 g/mol. The number of aryl methyl sites for hydroxylation is 2. The second-order valence-electron chi connectivity index (χ2n) is 7.07. The maximum absolute atomic E-state index is 13.2. The lowest BCUT2D eigenvalue weighted by Crippen LogP contribution is -2.18. The van der Waals surface area contributed by atoms with E-state index in [9.17, 15) is 13.2 Å². The number of anilines is 1. The van der Waals surface area contributed by atoms with Crippen molar-refractivity contribution in [1.29, 1.82) is 0 Å². The molecule has 0 radical (unpaired) electrons. The Morgan fingerprint density at radius 3 is 2.69 bits per heavy atom. The van der Waals surface area contributed by atoms with Gasteiger partial charge in [-0.2, -0.15) is 0 Å². The number of sulfone groups is 1. The smallest absolute Gasteiger partial charge is 0.274 e. The minimum absolute atomic E-state index is 0.0580. The molecule has 0 aliphatic carbocycles. The first kappa shape index (κ1) is 19.2. The van der Waals surface area contributed by atoms with Crippen molar-refractivity contribution in [2.45, 2.75) is 25.5 Å². The van der Waals surface area contributed by atoms with E-state index in [1.165, 1.54) is 4.57 Å². The molecule has 2 heterocycles. The lowest BCUT2D eigenvalue weighted by molar-refractivity contribution is 0.101. The van der Waals surface area contributed by atoms with Gasteiger partial charge in [-0.1, -0.05) is 29.8 Å². The fourth-order valence-electron chi connectivity index (χ4n) is 3.52. The number of rotatable bonds is 4. The summed E-state index contributed by atoms with van der Waals surface area (Å²) in [6, 6.07) is 12.8. The van der Waals surface area contributed by atoms with Crippen molar-refractivity contribution in [3.8, 4) is 17.0 Å². The molecule has 4 rings (SSSR count). The molecule has 7 nitrogen and oxygen atoms in total. The molecule has 0 fully saturated rings. The van der Waals surface area contributed by atoms with Crippen LogP contribution in [0.2, 0.25) is 0 Å². The highest BCUT2D eigenvalue weighted by atomic mass is 32.2. The average molecular weight is 411 g/mol. The largest absolute Gasteiger partial charge is 0.497 e. The number of nitrogens with zero attached hydrogens (tertiary/aromatic N) is 2. The quantitative estimate of drug-likeness (QED) is 0.712. The van der Waals surface area contributed by atoms with Crippen LogP contribution in [0.3, 0.4) is 0 Å². The van der Waals surface area contributed by atoms with Gasteiger partial charge in [-0.05, 0) is 37.6 Å². The third-order valence-corrected chi connectivity index (χ3v) is 6.57. The first-order valence-corrected chi connectivity index (χ1v) is 10.8. The van der Waals surface area contributed by atoms with Gasteiger partial charge in [0, 0.05) is 17.8 Å². The highest BCUT2D eigenvalue weighted by Gasteiger charge is 2.35. The Morgan fingerprint density at radius 1 is 1.17 bits per heavy atom. The molecule has 0 unspecified atom stereocenters. The third kappa shape index (κ3) is 3.40. The summed E-state index contributed by atoms with van der Waals surface area (Å²) in [5.41, 5.74) is 3.86. The van der Waals surface area contributed by atoms with Crippen molar-refractivity contribution in [3.63, 3.8) is 0 Å². The molecule has 0 saturated carbocycles. The summed E-state index contributed by atoms with van der Waals surface area (Å²) in [6.07, 6.45) is 0. The fraction of sp³-hybridized carbons (Fsp3) is 0.238. The summed E-state index contributed by atoms with van der Waals surface area (Å²) >= 11 is 0. The number of amides is 1. The number of methoxy groups -OCH3 is 1. The van der Waals surface area contributed by atoms with Crippen molar-refractivity contribution >= 4 is 21.4 Å². The number of aromatic nitrogens is 2. The molecule has 0 saturated heterocycles. The van der Waals surface area contributed by atoms with E-state index < -0.39 is 15.7 Å². The van der Waals surface area contributed by atoms with Crippen LogP contribution in [0.15, 0.2) is 47.6 Å². The highest BCUT2D eigenvalue weighted by molar-refractivity contribution is 7.91. The molecule has 3 aromatic rings. The molecule has 0 spiro atoms. The van der Waals surface area contributed by atoms with Crippen LogP contribution in [0, 0.1) is 13.8 Å². The lowest BCUT2D eigenvalue weighted by Gasteiger charge is -2.12. The normalized spacial score (nSPS) is 14.4. The molecule has 2 aromatic carbocycles. The van der Waals surface area contributed by atoms with Crippen molar-refractivity contribution in [2.24, 2.45) is 0 Å². The first-order chi connectivity index (χ1) is 13.8. The van der Waals surface area contributed by atoms with E-state index in [4.69, 9.17) is 4.74 Å². The van der Waals surface area contributed by atoms with E-state index in [1.807, 2.05) is 32.0 Å². The third-order valence-electron chi connectivity index (χ3n) is 4.98. The van der Waals surface area contributed by atoms with Crippen molar-refractivity contribution in [2.75, 3.05) is 18.2 Å². The summed E-state index contributed by atoms with van der Waals surface area (Å²) in [4.78, 5) is 17.6. The number of hydrogen-bond donors (Lipinski definition) is 1. The van der Waals surface area contributed by atoms with E-state index >= 15 is 0 Å². The van der Waals surface area contributed by atoms with Gasteiger partial charge in [-0.15, -0.1) is 0 Å². The van der Waals surface area contributed by atoms with Gasteiger partial charge in [0.05, 0.1) is 12.9 Å². The van der Waals surface area contributed by atoms with Crippen LogP contribution in [0.1, 0.15) is 21.6 Å². The van der Waals surface area contributed by atoms with E-state index in [0.29, 0.717) is 22.7 Å². The maximum Gasteiger partial charge on any atom is 0.274 e. The van der Waals surface area contributed by atoms with Crippen LogP contribution in [-0.2, 0) is 16.4 Å². The van der Waals surface area contributed by atoms with Gasteiger partial charge in [0.2, 0.25) is 15.0 Å². The zero-order valence-corrected chi connectivity index (χ0v) is 17.2. The van der Waals surface area contributed by atoms with Crippen molar-refractivity contribution in [3.05, 3.63) is 59.3 Å². The standard InChI is InChI=1S/C21H21N3O4S/c1-13-7-8-17(14(2)11-13)22-20(25)19-18(15-5-4-6-16(12-15)28-3)23-21-24(19)9-10-29(21,26)27/h4-8,11-12H,9-10H2,1-3H3,(H,22,25). The van der Waals surface area contributed by atoms with Crippen LogP contribution >= 0.6 is 0 Å². The molecule has 1 aliphatic heterocycles. The second-order valence-corrected chi connectivity index (χ2v) is 9.07. The molecule has 8 heteroatoms. The van der Waals surface area contributed by atoms with Crippen LogP contribution in [-0.4, -0.2) is 36.7 Å². The molecule has 0 bridgehead atoms. The SMILES string of the molecule is COc1cccc(-c2nc3n(c2C(=O)Nc2ccc(C)cc2C)CCS3(=O)=O)c1. The van der Waals surface area contributed by atoms with Gasteiger partial charge >= 0.3 is 0 Å². The van der Waals surface area contributed by atoms with E-state index in [0.717, 1.165) is 11.1 Å². The Balaban J connectivity index is 1.84. The summed E-state index contributed by atoms with van der Waals surface area (Å²) in [5, 5.41) is 2.84. The molecular weight excluding hydrogens is 390 g/mol. The number of carbonyl (C=O) groups excluding carboxylic acids is 1. The number of benzene rings is 2. The molecular formula is C21H21N3O4S. The van der Waals surface area contributed by atoms with Crippen LogP contribution in [0.5, 0.6) is 5.75 Å². The van der Waals surface area contributed by atoms with Gasteiger partial charge in [-0.25, -0.2) is 13.4 Å². The Bertz CT molecular complexity index is 1230. The van der Waals surface area contributed by atoms with E-state index in [1.54, 1.807) is 31.4 Å². The van der Waals surface area contributed by atoms with Gasteiger partial charge < -0.3 is 14.6 Å². The highest BCUT2D eigenvalue weighted by Crippen LogP contribution is 2.32.